The summed E-state index contributed by atoms with van der Waals surface area (Å²) in [5, 5.41) is 0. The van der Waals surface area contributed by atoms with Gasteiger partial charge in [0.1, 0.15) is 11.5 Å². The van der Waals surface area contributed by atoms with Gasteiger partial charge in [-0.25, -0.2) is 0 Å². The second-order valence-electron chi connectivity index (χ2n) is 8.82. The predicted octanol–water partition coefficient (Wildman–Crippen LogP) is 4.35. The zero-order chi connectivity index (χ0) is 17.2. The molecule has 3 nitrogen and oxygen atoms in total. The molecule has 5 rings (SSSR count). The van der Waals surface area contributed by atoms with E-state index in [1.165, 1.54) is 23.1 Å². The van der Waals surface area contributed by atoms with Gasteiger partial charge in [-0.05, 0) is 85.5 Å². The van der Waals surface area contributed by atoms with Crippen LogP contribution in [0.25, 0.3) is 0 Å². The van der Waals surface area contributed by atoms with Gasteiger partial charge in [0, 0.05) is 18.3 Å². The maximum atomic E-state index is 12.5. The zero-order valence-corrected chi connectivity index (χ0v) is 15.0. The van der Waals surface area contributed by atoms with Crippen LogP contribution < -0.4 is 4.74 Å². The maximum Gasteiger partial charge on any atom is 0.311 e. The van der Waals surface area contributed by atoms with Crippen molar-refractivity contribution in [1.82, 2.24) is 0 Å². The molecule has 3 heteroatoms. The number of carbonyl (C=O) groups is 2. The van der Waals surface area contributed by atoms with Gasteiger partial charge < -0.3 is 4.74 Å². The van der Waals surface area contributed by atoms with Gasteiger partial charge in [-0.15, -0.1) is 0 Å². The summed E-state index contributed by atoms with van der Waals surface area (Å²) in [4.78, 5) is 24.2. The van der Waals surface area contributed by atoms with Gasteiger partial charge in [0.25, 0.3) is 0 Å². The van der Waals surface area contributed by atoms with Crippen LogP contribution in [0.2, 0.25) is 0 Å². The fourth-order valence-corrected chi connectivity index (χ4v) is 6.30. The Morgan fingerprint density at radius 1 is 1.00 bits per heavy atom. The first-order chi connectivity index (χ1) is 12.1. The van der Waals surface area contributed by atoms with E-state index in [0.717, 1.165) is 50.7 Å². The Labute approximate surface area is 149 Å². The van der Waals surface area contributed by atoms with Crippen LogP contribution in [0.15, 0.2) is 12.1 Å². The van der Waals surface area contributed by atoms with Crippen molar-refractivity contribution in [3.63, 3.8) is 0 Å². The van der Waals surface area contributed by atoms with E-state index in [4.69, 9.17) is 4.74 Å². The molecule has 2 fully saturated rings. The number of esters is 1. The SMILES string of the molecule is C[C@]12CC[C@@H]3c4cc5c(cc4CC[C@H]3[C@@H]1CCC2=O)OC(=O)CCC5. The molecule has 0 spiro atoms. The summed E-state index contributed by atoms with van der Waals surface area (Å²) in [6.07, 6.45) is 8.64. The molecule has 4 aliphatic rings. The molecule has 1 aliphatic heterocycles. The molecule has 0 amide bonds. The Kier molecular flexibility index (Phi) is 3.39. The predicted molar refractivity (Wildman–Crippen MR) is 94.6 cm³/mol. The summed E-state index contributed by atoms with van der Waals surface area (Å²) in [5.41, 5.74) is 4.03. The van der Waals surface area contributed by atoms with Gasteiger partial charge in [0.15, 0.2) is 0 Å². The third-order valence-electron chi connectivity index (χ3n) is 7.67. The van der Waals surface area contributed by atoms with Crippen LogP contribution in [0.5, 0.6) is 5.75 Å². The third-order valence-corrected chi connectivity index (χ3v) is 7.67. The maximum absolute atomic E-state index is 12.5. The van der Waals surface area contributed by atoms with E-state index >= 15 is 0 Å². The smallest absolute Gasteiger partial charge is 0.311 e. The first-order valence-electron chi connectivity index (χ1n) is 9.96. The van der Waals surface area contributed by atoms with Crippen LogP contribution in [0.4, 0.5) is 0 Å². The lowest BCUT2D eigenvalue weighted by Crippen LogP contribution is -2.42. The van der Waals surface area contributed by atoms with E-state index in [2.05, 4.69) is 19.1 Å². The van der Waals surface area contributed by atoms with Crippen LogP contribution in [-0.2, 0) is 22.4 Å². The number of hydrogen-bond donors (Lipinski definition) is 0. The molecular weight excluding hydrogens is 312 g/mol. The van der Waals surface area contributed by atoms with Crippen molar-refractivity contribution in [3.05, 3.63) is 28.8 Å². The summed E-state index contributed by atoms with van der Waals surface area (Å²) in [6.45, 7) is 2.23. The highest BCUT2D eigenvalue weighted by atomic mass is 16.5. The second kappa shape index (κ2) is 5.43. The van der Waals surface area contributed by atoms with E-state index < -0.39 is 0 Å². The summed E-state index contributed by atoms with van der Waals surface area (Å²) in [6, 6.07) is 4.50. The molecule has 25 heavy (non-hydrogen) atoms. The zero-order valence-electron chi connectivity index (χ0n) is 15.0. The Morgan fingerprint density at radius 3 is 2.76 bits per heavy atom. The van der Waals surface area contributed by atoms with Gasteiger partial charge in [-0.1, -0.05) is 13.0 Å². The number of ether oxygens (including phenoxy) is 1. The monoisotopic (exact) mass is 338 g/mol. The number of hydrogen-bond acceptors (Lipinski definition) is 3. The van der Waals surface area contributed by atoms with Crippen LogP contribution in [0, 0.1) is 17.3 Å². The number of rotatable bonds is 0. The fraction of sp³-hybridized carbons (Fsp3) is 0.636. The Balaban J connectivity index is 1.53. The van der Waals surface area contributed by atoms with E-state index in [-0.39, 0.29) is 11.4 Å². The van der Waals surface area contributed by atoms with Gasteiger partial charge >= 0.3 is 5.97 Å². The van der Waals surface area contributed by atoms with Crippen molar-refractivity contribution in [2.24, 2.45) is 17.3 Å². The van der Waals surface area contributed by atoms with Crippen LogP contribution in [0.1, 0.15) is 74.5 Å². The van der Waals surface area contributed by atoms with Crippen LogP contribution in [-0.4, -0.2) is 11.8 Å². The van der Waals surface area contributed by atoms with Crippen molar-refractivity contribution in [2.45, 2.75) is 70.6 Å². The largest absolute Gasteiger partial charge is 0.426 e. The highest BCUT2D eigenvalue weighted by Gasteiger charge is 2.54. The van der Waals surface area contributed by atoms with Gasteiger partial charge in [-0.3, -0.25) is 9.59 Å². The highest BCUT2D eigenvalue weighted by Crippen LogP contribution is 2.59. The molecule has 1 aromatic carbocycles. The number of Topliss-reactive ketones (excluding diaryl/α,β-unsaturated/α-hetero) is 1. The molecule has 0 radical (unpaired) electrons. The molecule has 0 N–H and O–H groups in total. The average Bonchev–Trinajstić information content (AvgIpc) is 2.78. The first-order valence-corrected chi connectivity index (χ1v) is 9.96. The van der Waals surface area contributed by atoms with Crippen molar-refractivity contribution < 1.29 is 14.3 Å². The lowest BCUT2D eigenvalue weighted by atomic mass is 9.55. The quantitative estimate of drug-likeness (QED) is 0.522. The van der Waals surface area contributed by atoms with Gasteiger partial charge in [0.05, 0.1) is 0 Å². The summed E-state index contributed by atoms with van der Waals surface area (Å²) in [5.74, 6) is 3.04. The number of aryl methyl sites for hydroxylation is 2. The molecule has 0 unspecified atom stereocenters. The van der Waals surface area contributed by atoms with E-state index in [1.807, 2.05) is 0 Å². The van der Waals surface area contributed by atoms with Crippen molar-refractivity contribution in [1.29, 1.82) is 0 Å². The standard InChI is InChI=1S/C22H26O3/c1-22-10-9-15-16(18(22)7-8-20(22)23)6-5-13-12-19-14(11-17(13)15)3-2-4-21(24)25-19/h11-12,15-16,18H,2-10H2,1H3/t15-,16+,18-,22-/m0/s1. The average molecular weight is 338 g/mol. The van der Waals surface area contributed by atoms with Gasteiger partial charge in [0.2, 0.25) is 0 Å². The van der Waals surface area contributed by atoms with Crippen LogP contribution in [0.3, 0.4) is 0 Å². The normalized spacial score (nSPS) is 36.6. The van der Waals surface area contributed by atoms with E-state index in [0.29, 0.717) is 30.0 Å². The van der Waals surface area contributed by atoms with Crippen molar-refractivity contribution in [2.75, 3.05) is 0 Å². The summed E-state index contributed by atoms with van der Waals surface area (Å²) >= 11 is 0. The molecule has 0 aromatic heterocycles. The Bertz CT molecular complexity index is 765. The third kappa shape index (κ3) is 2.24. The van der Waals surface area contributed by atoms with Crippen LogP contribution >= 0.6 is 0 Å². The topological polar surface area (TPSA) is 43.4 Å². The number of benzene rings is 1. The summed E-state index contributed by atoms with van der Waals surface area (Å²) < 4.78 is 5.57. The molecule has 1 heterocycles. The number of carbonyl (C=O) groups excluding carboxylic acids is 2. The second-order valence-corrected chi connectivity index (χ2v) is 8.82. The molecule has 3 aliphatic carbocycles. The molecule has 0 saturated heterocycles. The first kappa shape index (κ1) is 15.6. The highest BCUT2D eigenvalue weighted by molar-refractivity contribution is 5.87. The minimum Gasteiger partial charge on any atom is -0.426 e. The van der Waals surface area contributed by atoms with E-state index in [9.17, 15) is 9.59 Å². The van der Waals surface area contributed by atoms with Crippen molar-refractivity contribution >= 4 is 11.8 Å². The lowest BCUT2D eigenvalue weighted by Gasteiger charge is -2.48. The number of fused-ring (bicyclic) bond motifs is 6. The Hall–Kier alpha value is -1.64. The lowest BCUT2D eigenvalue weighted by molar-refractivity contribution is -0.134. The summed E-state index contributed by atoms with van der Waals surface area (Å²) in [7, 11) is 0. The van der Waals surface area contributed by atoms with Gasteiger partial charge in [-0.2, -0.15) is 0 Å². The molecule has 132 valence electrons. The molecule has 4 atom stereocenters. The number of ketones is 1. The van der Waals surface area contributed by atoms with E-state index in [1.54, 1.807) is 0 Å². The Morgan fingerprint density at radius 2 is 1.88 bits per heavy atom. The van der Waals surface area contributed by atoms with Crippen molar-refractivity contribution in [3.8, 4) is 5.75 Å². The minimum absolute atomic E-state index is 0.0557. The minimum atomic E-state index is -0.0923. The molecule has 2 saturated carbocycles. The molecular formula is C22H26O3. The fourth-order valence-electron chi connectivity index (χ4n) is 6.30. The molecule has 0 bridgehead atoms. The molecule has 1 aromatic rings.